The zero-order valence-electron chi connectivity index (χ0n) is 9.67. The van der Waals surface area contributed by atoms with Crippen LogP contribution in [0.25, 0.3) is 0 Å². The van der Waals surface area contributed by atoms with E-state index in [0.29, 0.717) is 36.1 Å². The molecular formula is C12H13BrN2O3. The number of nitrogens with zero attached hydrogens (tertiary/aromatic N) is 2. The first-order valence-corrected chi connectivity index (χ1v) is 6.51. The Morgan fingerprint density at radius 3 is 2.61 bits per heavy atom. The molecule has 1 aromatic heterocycles. The Balaban J connectivity index is 2.02. The largest absolute Gasteiger partial charge is 0.481 e. The van der Waals surface area contributed by atoms with Crippen molar-refractivity contribution in [2.75, 3.05) is 13.1 Å². The van der Waals surface area contributed by atoms with Gasteiger partial charge in [-0.3, -0.25) is 9.59 Å². The Hall–Kier alpha value is -1.43. The molecule has 1 aliphatic rings. The first-order chi connectivity index (χ1) is 8.58. The van der Waals surface area contributed by atoms with Gasteiger partial charge in [-0.2, -0.15) is 0 Å². The average Bonchev–Trinajstić information content (AvgIpc) is 2.38. The molecule has 2 heterocycles. The molecule has 0 atom stereocenters. The SMILES string of the molecule is O=C(O)C1CCN(C(=O)c2ccnc(Br)c2)CC1. The number of hydrogen-bond acceptors (Lipinski definition) is 3. The molecule has 96 valence electrons. The standard InChI is InChI=1S/C12H13BrN2O3/c13-10-7-9(1-4-14-10)11(16)15-5-2-8(3-6-15)12(17)18/h1,4,7-8H,2-3,5-6H2,(H,17,18). The van der Waals surface area contributed by atoms with Crippen LogP contribution in [0.2, 0.25) is 0 Å². The second kappa shape index (κ2) is 5.48. The van der Waals surface area contributed by atoms with Gasteiger partial charge < -0.3 is 10.0 Å². The number of halogens is 1. The van der Waals surface area contributed by atoms with Crippen LogP contribution >= 0.6 is 15.9 Å². The van der Waals surface area contributed by atoms with Gasteiger partial charge in [-0.1, -0.05) is 0 Å². The van der Waals surface area contributed by atoms with Crippen LogP contribution in [0.1, 0.15) is 23.2 Å². The van der Waals surface area contributed by atoms with E-state index in [-0.39, 0.29) is 11.8 Å². The van der Waals surface area contributed by atoms with Crippen molar-refractivity contribution in [3.05, 3.63) is 28.5 Å². The third-order valence-electron chi connectivity index (χ3n) is 3.10. The second-order valence-corrected chi connectivity index (χ2v) is 5.08. The molecule has 1 N–H and O–H groups in total. The third kappa shape index (κ3) is 2.87. The third-order valence-corrected chi connectivity index (χ3v) is 3.54. The van der Waals surface area contributed by atoms with E-state index in [2.05, 4.69) is 20.9 Å². The molecule has 0 aromatic carbocycles. The van der Waals surface area contributed by atoms with E-state index >= 15 is 0 Å². The molecule has 0 aliphatic carbocycles. The van der Waals surface area contributed by atoms with Gasteiger partial charge in [-0.25, -0.2) is 4.98 Å². The summed E-state index contributed by atoms with van der Waals surface area (Å²) in [7, 11) is 0. The van der Waals surface area contributed by atoms with E-state index in [9.17, 15) is 9.59 Å². The van der Waals surface area contributed by atoms with Gasteiger partial charge in [0.1, 0.15) is 4.60 Å². The van der Waals surface area contributed by atoms with Crippen LogP contribution in [0.15, 0.2) is 22.9 Å². The van der Waals surface area contributed by atoms with Gasteiger partial charge in [-0.05, 0) is 40.9 Å². The molecule has 1 amide bonds. The Labute approximate surface area is 113 Å². The molecule has 1 fully saturated rings. The highest BCUT2D eigenvalue weighted by Gasteiger charge is 2.27. The van der Waals surface area contributed by atoms with Gasteiger partial charge in [0.2, 0.25) is 0 Å². The minimum absolute atomic E-state index is 0.0676. The van der Waals surface area contributed by atoms with Crippen LogP contribution in [-0.4, -0.2) is 40.0 Å². The van der Waals surface area contributed by atoms with E-state index in [0.717, 1.165) is 0 Å². The lowest BCUT2D eigenvalue weighted by Gasteiger charge is -2.30. The molecule has 5 nitrogen and oxygen atoms in total. The van der Waals surface area contributed by atoms with E-state index in [1.54, 1.807) is 23.2 Å². The minimum Gasteiger partial charge on any atom is -0.481 e. The Kier molecular flexibility index (Phi) is 3.96. The highest BCUT2D eigenvalue weighted by Crippen LogP contribution is 2.19. The predicted molar refractivity (Wildman–Crippen MR) is 68.2 cm³/mol. The molecule has 2 rings (SSSR count). The van der Waals surface area contributed by atoms with Gasteiger partial charge in [0.05, 0.1) is 5.92 Å². The lowest BCUT2D eigenvalue weighted by Crippen LogP contribution is -2.40. The summed E-state index contributed by atoms with van der Waals surface area (Å²) in [6.07, 6.45) is 2.61. The minimum atomic E-state index is -0.770. The molecule has 0 radical (unpaired) electrons. The van der Waals surface area contributed by atoms with E-state index in [1.165, 1.54) is 0 Å². The van der Waals surface area contributed by atoms with E-state index in [4.69, 9.17) is 5.11 Å². The number of hydrogen-bond donors (Lipinski definition) is 1. The lowest BCUT2D eigenvalue weighted by molar-refractivity contribution is -0.143. The molecule has 0 spiro atoms. The number of carbonyl (C=O) groups excluding carboxylic acids is 1. The topological polar surface area (TPSA) is 70.5 Å². The molecule has 1 saturated heterocycles. The summed E-state index contributed by atoms with van der Waals surface area (Å²) in [4.78, 5) is 28.7. The normalized spacial score (nSPS) is 16.6. The number of piperidine rings is 1. The fourth-order valence-electron chi connectivity index (χ4n) is 2.05. The number of likely N-dealkylation sites (tertiary alicyclic amines) is 1. The van der Waals surface area contributed by atoms with Crippen LogP contribution in [0.4, 0.5) is 0 Å². The summed E-state index contributed by atoms with van der Waals surface area (Å²) in [5.74, 6) is -1.16. The van der Waals surface area contributed by atoms with Crippen molar-refractivity contribution >= 4 is 27.8 Å². The van der Waals surface area contributed by atoms with Crippen molar-refractivity contribution in [3.63, 3.8) is 0 Å². The average molecular weight is 313 g/mol. The van der Waals surface area contributed by atoms with Gasteiger partial charge in [-0.15, -0.1) is 0 Å². The summed E-state index contributed by atoms with van der Waals surface area (Å²) < 4.78 is 0.619. The van der Waals surface area contributed by atoms with Gasteiger partial charge >= 0.3 is 5.97 Å². The smallest absolute Gasteiger partial charge is 0.306 e. The van der Waals surface area contributed by atoms with Crippen LogP contribution in [0.3, 0.4) is 0 Å². The van der Waals surface area contributed by atoms with Gasteiger partial charge in [0.25, 0.3) is 5.91 Å². The van der Waals surface area contributed by atoms with E-state index < -0.39 is 5.97 Å². The quantitative estimate of drug-likeness (QED) is 0.845. The predicted octanol–water partition coefficient (Wildman–Crippen LogP) is 1.78. The second-order valence-electron chi connectivity index (χ2n) is 4.27. The fourth-order valence-corrected chi connectivity index (χ4v) is 2.41. The van der Waals surface area contributed by atoms with Crippen molar-refractivity contribution in [2.45, 2.75) is 12.8 Å². The van der Waals surface area contributed by atoms with Crippen molar-refractivity contribution in [2.24, 2.45) is 5.92 Å². The number of carboxylic acid groups (broad SMARTS) is 1. The van der Waals surface area contributed by atoms with E-state index in [1.807, 2.05) is 0 Å². The maximum atomic E-state index is 12.2. The first-order valence-electron chi connectivity index (χ1n) is 5.71. The highest BCUT2D eigenvalue weighted by molar-refractivity contribution is 9.10. The monoisotopic (exact) mass is 312 g/mol. The summed E-state index contributed by atoms with van der Waals surface area (Å²) >= 11 is 3.22. The maximum absolute atomic E-state index is 12.2. The fraction of sp³-hybridized carbons (Fsp3) is 0.417. The Bertz CT molecular complexity index is 470. The van der Waals surface area contributed by atoms with Crippen LogP contribution in [0, 0.1) is 5.92 Å². The number of carbonyl (C=O) groups is 2. The summed E-state index contributed by atoms with van der Waals surface area (Å²) in [5, 5.41) is 8.90. The Morgan fingerprint density at radius 1 is 1.39 bits per heavy atom. The van der Waals surface area contributed by atoms with Crippen molar-refractivity contribution in [1.29, 1.82) is 0 Å². The van der Waals surface area contributed by atoms with Crippen LogP contribution in [0.5, 0.6) is 0 Å². The summed E-state index contributed by atoms with van der Waals surface area (Å²) in [6, 6.07) is 3.34. The molecular weight excluding hydrogens is 300 g/mol. The zero-order chi connectivity index (χ0) is 13.1. The molecule has 0 saturated carbocycles. The molecule has 6 heteroatoms. The first kappa shape index (κ1) is 13.0. The summed E-state index contributed by atoms with van der Waals surface area (Å²) in [6.45, 7) is 0.992. The molecule has 0 bridgehead atoms. The number of carboxylic acids is 1. The number of aliphatic carboxylic acids is 1. The van der Waals surface area contributed by atoms with Crippen LogP contribution < -0.4 is 0 Å². The van der Waals surface area contributed by atoms with Crippen LogP contribution in [-0.2, 0) is 4.79 Å². The number of rotatable bonds is 2. The van der Waals surface area contributed by atoms with Crippen molar-refractivity contribution in [1.82, 2.24) is 9.88 Å². The molecule has 1 aromatic rings. The zero-order valence-corrected chi connectivity index (χ0v) is 11.3. The lowest BCUT2D eigenvalue weighted by atomic mass is 9.97. The molecule has 0 unspecified atom stereocenters. The molecule has 18 heavy (non-hydrogen) atoms. The number of aromatic nitrogens is 1. The number of pyridine rings is 1. The maximum Gasteiger partial charge on any atom is 0.306 e. The number of amides is 1. The van der Waals surface area contributed by atoms with Crippen molar-refractivity contribution in [3.8, 4) is 0 Å². The summed E-state index contributed by atoms with van der Waals surface area (Å²) in [5.41, 5.74) is 0.575. The van der Waals surface area contributed by atoms with Gasteiger partial charge in [0.15, 0.2) is 0 Å². The Morgan fingerprint density at radius 2 is 2.06 bits per heavy atom. The molecule has 1 aliphatic heterocycles. The highest BCUT2D eigenvalue weighted by atomic mass is 79.9. The van der Waals surface area contributed by atoms with Gasteiger partial charge in [0, 0.05) is 24.8 Å². The van der Waals surface area contributed by atoms with Crippen molar-refractivity contribution < 1.29 is 14.7 Å².